The van der Waals surface area contributed by atoms with Gasteiger partial charge in [-0.05, 0) is 75.0 Å². The number of hydrogen-bond acceptors (Lipinski definition) is 4. The minimum atomic E-state index is -0.271. The first-order chi connectivity index (χ1) is 16.2. The smallest absolute Gasteiger partial charge is 0.250 e. The fraction of sp³-hybridized carbons (Fsp3) is 0.320. The summed E-state index contributed by atoms with van der Waals surface area (Å²) in [5, 5.41) is 7.21. The molecule has 1 saturated heterocycles. The molecule has 178 valence electrons. The summed E-state index contributed by atoms with van der Waals surface area (Å²) in [6.07, 6.45) is 6.03. The number of amides is 1. The zero-order valence-corrected chi connectivity index (χ0v) is 21.2. The molecule has 1 amide bonds. The summed E-state index contributed by atoms with van der Waals surface area (Å²) in [4.78, 5) is 18.6. The molecule has 7 nitrogen and oxygen atoms in total. The molecule has 0 radical (unpaired) electrons. The van der Waals surface area contributed by atoms with Crippen molar-refractivity contribution in [1.29, 1.82) is 0 Å². The molecule has 1 aliphatic heterocycles. The number of thiocarbonyl (C=S) groups is 1. The van der Waals surface area contributed by atoms with E-state index in [-0.39, 0.29) is 30.1 Å². The Balaban J connectivity index is 1.74. The molecule has 4 rings (SSSR count). The van der Waals surface area contributed by atoms with Gasteiger partial charge in [-0.15, -0.1) is 0 Å². The van der Waals surface area contributed by atoms with Gasteiger partial charge in [0.2, 0.25) is 5.91 Å². The number of ether oxygens (including phenoxy) is 1. The average Bonchev–Trinajstić information content (AvgIpc) is 3.41. The number of carbonyl (C=O) groups is 1. The van der Waals surface area contributed by atoms with Gasteiger partial charge in [-0.3, -0.25) is 9.78 Å². The van der Waals surface area contributed by atoms with Crippen LogP contribution in [0.4, 0.5) is 11.4 Å². The minimum Gasteiger partial charge on any atom is -0.375 e. The predicted molar refractivity (Wildman–Crippen MR) is 139 cm³/mol. The number of nitrogens with one attached hydrogen (secondary N) is 2. The highest BCUT2D eigenvalue weighted by Gasteiger charge is 2.41. The van der Waals surface area contributed by atoms with Crippen LogP contribution in [0.25, 0.3) is 0 Å². The Labute approximate surface area is 210 Å². The van der Waals surface area contributed by atoms with E-state index in [2.05, 4.69) is 64.3 Å². The monoisotopic (exact) mass is 497 g/mol. The van der Waals surface area contributed by atoms with Gasteiger partial charge in [-0.25, -0.2) is 0 Å². The van der Waals surface area contributed by atoms with Crippen LogP contribution in [0.2, 0.25) is 5.02 Å². The Hall–Kier alpha value is -2.94. The van der Waals surface area contributed by atoms with Crippen molar-refractivity contribution in [3.63, 3.8) is 0 Å². The quantitative estimate of drug-likeness (QED) is 0.464. The molecule has 0 spiro atoms. The summed E-state index contributed by atoms with van der Waals surface area (Å²) >= 11 is 12.3. The molecule has 2 atom stereocenters. The highest BCUT2D eigenvalue weighted by molar-refractivity contribution is 7.80. The molecule has 9 heteroatoms. The average molecular weight is 498 g/mol. The number of rotatable bonds is 6. The zero-order chi connectivity index (χ0) is 24.5. The van der Waals surface area contributed by atoms with E-state index in [1.54, 1.807) is 12.3 Å². The summed E-state index contributed by atoms with van der Waals surface area (Å²) in [7, 11) is 1.47. The normalized spacial score (nSPS) is 18.1. The summed E-state index contributed by atoms with van der Waals surface area (Å²) in [5.41, 5.74) is 3.28. The van der Waals surface area contributed by atoms with Crippen LogP contribution in [0.1, 0.15) is 44.1 Å². The molecule has 0 saturated carbocycles. The van der Waals surface area contributed by atoms with Crippen LogP contribution >= 0.6 is 23.8 Å². The first-order valence-corrected chi connectivity index (χ1v) is 11.7. The van der Waals surface area contributed by atoms with Gasteiger partial charge in [0.25, 0.3) is 0 Å². The van der Waals surface area contributed by atoms with Gasteiger partial charge in [0, 0.05) is 36.9 Å². The van der Waals surface area contributed by atoms with Gasteiger partial charge in [-0.1, -0.05) is 17.7 Å². The summed E-state index contributed by atoms with van der Waals surface area (Å²) in [5.74, 6) is -0.271. The Morgan fingerprint density at radius 1 is 1.26 bits per heavy atom. The lowest BCUT2D eigenvalue weighted by Crippen LogP contribution is -2.29. The van der Waals surface area contributed by atoms with Crippen LogP contribution in [-0.4, -0.2) is 34.3 Å². The van der Waals surface area contributed by atoms with E-state index in [9.17, 15) is 4.79 Å². The van der Waals surface area contributed by atoms with Crippen LogP contribution < -0.4 is 15.5 Å². The molecular weight excluding hydrogens is 470 g/mol. The van der Waals surface area contributed by atoms with Crippen molar-refractivity contribution in [2.45, 2.75) is 38.4 Å². The summed E-state index contributed by atoms with van der Waals surface area (Å²) < 4.78 is 7.07. The van der Waals surface area contributed by atoms with Crippen molar-refractivity contribution in [2.75, 3.05) is 23.9 Å². The van der Waals surface area contributed by atoms with Crippen LogP contribution in [0.15, 0.2) is 61.1 Å². The second-order valence-corrected chi connectivity index (χ2v) is 9.96. The maximum atomic E-state index is 11.9. The van der Waals surface area contributed by atoms with Gasteiger partial charge in [0.15, 0.2) is 5.11 Å². The number of pyridine rings is 1. The standard InChI is InChI=1S/C25H28ClN5O2S/c1-25(2,3)30-12-10-16(14-30)23-22(20-7-5-6-11-27-20)29-24(34)31(23)17-8-9-19(18(26)13-17)28-21(32)15-33-4/h5-14,22-23H,15H2,1-4H3,(H,28,32)(H,29,34)/t22-,23+/m0/s1. The molecule has 3 heterocycles. The lowest BCUT2D eigenvalue weighted by molar-refractivity contribution is -0.119. The Morgan fingerprint density at radius 2 is 2.06 bits per heavy atom. The maximum Gasteiger partial charge on any atom is 0.250 e. The maximum absolute atomic E-state index is 11.9. The first kappa shape index (κ1) is 24.2. The van der Waals surface area contributed by atoms with Crippen molar-refractivity contribution in [3.8, 4) is 0 Å². The molecule has 2 N–H and O–H groups in total. The van der Waals surface area contributed by atoms with E-state index in [1.807, 2.05) is 30.3 Å². The van der Waals surface area contributed by atoms with E-state index in [4.69, 9.17) is 28.6 Å². The summed E-state index contributed by atoms with van der Waals surface area (Å²) in [6, 6.07) is 13.2. The number of halogens is 1. The van der Waals surface area contributed by atoms with Crippen LogP contribution in [0.3, 0.4) is 0 Å². The topological polar surface area (TPSA) is 71.4 Å². The lowest BCUT2D eigenvalue weighted by atomic mass is 9.98. The number of benzene rings is 1. The van der Waals surface area contributed by atoms with E-state index >= 15 is 0 Å². The van der Waals surface area contributed by atoms with E-state index in [1.165, 1.54) is 7.11 Å². The van der Waals surface area contributed by atoms with E-state index < -0.39 is 0 Å². The highest BCUT2D eigenvalue weighted by Crippen LogP contribution is 2.43. The third kappa shape index (κ3) is 4.94. The molecule has 2 aromatic heterocycles. The molecular formula is C25H28ClN5O2S. The molecule has 0 bridgehead atoms. The first-order valence-electron chi connectivity index (χ1n) is 11.0. The molecule has 0 aliphatic carbocycles. The molecule has 1 aliphatic rings. The number of anilines is 2. The Bertz CT molecular complexity index is 1190. The van der Waals surface area contributed by atoms with Crippen molar-refractivity contribution >= 4 is 46.2 Å². The number of hydrogen-bond donors (Lipinski definition) is 2. The number of carbonyl (C=O) groups excluding carboxylic acids is 1. The molecule has 3 aromatic rings. The molecule has 1 aromatic carbocycles. The fourth-order valence-electron chi connectivity index (χ4n) is 4.05. The van der Waals surface area contributed by atoms with E-state index in [0.717, 1.165) is 16.9 Å². The predicted octanol–water partition coefficient (Wildman–Crippen LogP) is 5.05. The van der Waals surface area contributed by atoms with Crippen molar-refractivity contribution in [1.82, 2.24) is 14.9 Å². The second-order valence-electron chi connectivity index (χ2n) is 9.16. The van der Waals surface area contributed by atoms with Crippen molar-refractivity contribution < 1.29 is 9.53 Å². The number of methoxy groups -OCH3 is 1. The summed E-state index contributed by atoms with van der Waals surface area (Å²) in [6.45, 7) is 6.45. The van der Waals surface area contributed by atoms with E-state index in [0.29, 0.717) is 15.8 Å². The van der Waals surface area contributed by atoms with Gasteiger partial charge >= 0.3 is 0 Å². The van der Waals surface area contributed by atoms with Crippen molar-refractivity contribution in [3.05, 3.63) is 77.3 Å². The largest absolute Gasteiger partial charge is 0.375 e. The van der Waals surface area contributed by atoms with Crippen LogP contribution in [0.5, 0.6) is 0 Å². The third-order valence-corrected chi connectivity index (χ3v) is 6.34. The molecule has 1 fully saturated rings. The van der Waals surface area contributed by atoms with Gasteiger partial charge in [0.05, 0.1) is 28.5 Å². The Morgan fingerprint density at radius 3 is 2.68 bits per heavy atom. The zero-order valence-electron chi connectivity index (χ0n) is 19.6. The number of aromatic nitrogens is 2. The molecule has 34 heavy (non-hydrogen) atoms. The SMILES string of the molecule is COCC(=O)Nc1ccc(N2C(=S)N[C@@H](c3ccccn3)[C@H]2c2ccn(C(C)(C)C)c2)cc1Cl. The van der Waals surface area contributed by atoms with Gasteiger partial charge in [-0.2, -0.15) is 0 Å². The minimum absolute atomic E-state index is 0.0448. The van der Waals surface area contributed by atoms with Crippen LogP contribution in [0, 0.1) is 0 Å². The second kappa shape index (κ2) is 9.74. The third-order valence-electron chi connectivity index (χ3n) is 5.71. The van der Waals surface area contributed by atoms with Crippen LogP contribution in [-0.2, 0) is 15.1 Å². The van der Waals surface area contributed by atoms with Crippen molar-refractivity contribution in [2.24, 2.45) is 0 Å². The Kier molecular flexibility index (Phi) is 6.93. The molecule has 0 unspecified atom stereocenters. The van der Waals surface area contributed by atoms with Gasteiger partial charge < -0.3 is 24.8 Å². The highest BCUT2D eigenvalue weighted by atomic mass is 35.5. The lowest BCUT2D eigenvalue weighted by Gasteiger charge is -2.28. The number of nitrogens with zero attached hydrogens (tertiary/aromatic N) is 3. The fourth-order valence-corrected chi connectivity index (χ4v) is 4.62. The van der Waals surface area contributed by atoms with Gasteiger partial charge in [0.1, 0.15) is 6.61 Å².